The highest BCUT2D eigenvalue weighted by Crippen LogP contribution is 2.30. The number of halogens is 4. The third-order valence-electron chi connectivity index (χ3n) is 3.77. The third kappa shape index (κ3) is 5.31. The first-order chi connectivity index (χ1) is 13.7. The number of nitrogens with one attached hydrogen (secondary N) is 1. The summed E-state index contributed by atoms with van der Waals surface area (Å²) < 4.78 is 58.8. The van der Waals surface area contributed by atoms with Crippen molar-refractivity contribution >= 4 is 11.8 Å². The fraction of sp³-hybridized carbons (Fsp3) is 0.211. The lowest BCUT2D eigenvalue weighted by molar-refractivity contribution is -0.141. The van der Waals surface area contributed by atoms with Gasteiger partial charge in [-0.15, -0.1) is 0 Å². The average molecular weight is 407 g/mol. The Kier molecular flexibility index (Phi) is 5.81. The molecule has 0 saturated carbocycles. The molecule has 6 nitrogen and oxygen atoms in total. The van der Waals surface area contributed by atoms with Crippen molar-refractivity contribution in [2.24, 2.45) is 0 Å². The number of hydrogen-bond acceptors (Lipinski definition) is 6. The van der Waals surface area contributed by atoms with E-state index in [1.165, 1.54) is 23.2 Å². The predicted octanol–water partition coefficient (Wildman–Crippen LogP) is 4.50. The standard InChI is InChI=1S/C19H17F4N5O/c1-28(2)17-9-16(19(21,22)23)26-18(27-17)25-10-12-5-6-15(14(20)8-12)29-13-4-3-7-24-11-13/h3-9,11H,10H2,1-2H3,(H,25,26,27). The Morgan fingerprint density at radius 1 is 1.10 bits per heavy atom. The molecule has 0 spiro atoms. The third-order valence-corrected chi connectivity index (χ3v) is 3.77. The first kappa shape index (κ1) is 20.3. The molecule has 2 aromatic heterocycles. The van der Waals surface area contributed by atoms with Crippen molar-refractivity contribution in [2.75, 3.05) is 24.3 Å². The maximum atomic E-state index is 14.3. The van der Waals surface area contributed by atoms with Crippen LogP contribution in [0.2, 0.25) is 0 Å². The zero-order chi connectivity index (χ0) is 21.0. The summed E-state index contributed by atoms with van der Waals surface area (Å²) in [6.45, 7) is 0.0261. The monoisotopic (exact) mass is 407 g/mol. The van der Waals surface area contributed by atoms with Crippen LogP contribution in [0.15, 0.2) is 48.8 Å². The Hall–Kier alpha value is -3.43. The molecule has 1 aromatic carbocycles. The molecule has 29 heavy (non-hydrogen) atoms. The minimum Gasteiger partial charge on any atom is -0.453 e. The molecular formula is C19H17F4N5O. The van der Waals surface area contributed by atoms with E-state index in [0.29, 0.717) is 11.3 Å². The van der Waals surface area contributed by atoms with Crippen LogP contribution in [-0.2, 0) is 12.7 Å². The van der Waals surface area contributed by atoms with Gasteiger partial charge in [0, 0.05) is 32.9 Å². The van der Waals surface area contributed by atoms with Gasteiger partial charge in [0.05, 0.1) is 6.20 Å². The van der Waals surface area contributed by atoms with Gasteiger partial charge in [-0.25, -0.2) is 9.37 Å². The van der Waals surface area contributed by atoms with E-state index in [9.17, 15) is 17.6 Å². The van der Waals surface area contributed by atoms with Gasteiger partial charge < -0.3 is 15.0 Å². The highest BCUT2D eigenvalue weighted by atomic mass is 19.4. The molecule has 0 unspecified atom stereocenters. The van der Waals surface area contributed by atoms with Crippen molar-refractivity contribution in [3.8, 4) is 11.5 Å². The van der Waals surface area contributed by atoms with Gasteiger partial charge in [0.1, 0.15) is 11.6 Å². The highest BCUT2D eigenvalue weighted by molar-refractivity contribution is 5.45. The van der Waals surface area contributed by atoms with Crippen molar-refractivity contribution in [1.29, 1.82) is 0 Å². The second kappa shape index (κ2) is 8.29. The summed E-state index contributed by atoms with van der Waals surface area (Å²) in [5.74, 6) is -0.342. The lowest BCUT2D eigenvalue weighted by Crippen LogP contribution is -2.17. The molecule has 0 atom stereocenters. The summed E-state index contributed by atoms with van der Waals surface area (Å²) in [6.07, 6.45) is -1.60. The molecule has 0 bridgehead atoms. The van der Waals surface area contributed by atoms with E-state index in [1.54, 1.807) is 38.5 Å². The normalized spacial score (nSPS) is 11.2. The Balaban J connectivity index is 1.74. The van der Waals surface area contributed by atoms with E-state index in [0.717, 1.165) is 6.07 Å². The number of hydrogen-bond donors (Lipinski definition) is 1. The molecule has 0 fully saturated rings. The molecule has 10 heteroatoms. The summed E-state index contributed by atoms with van der Waals surface area (Å²) in [5.41, 5.74) is -0.585. The molecule has 0 aliphatic carbocycles. The Bertz CT molecular complexity index is 980. The van der Waals surface area contributed by atoms with E-state index in [1.807, 2.05) is 0 Å². The van der Waals surface area contributed by atoms with E-state index in [4.69, 9.17) is 4.74 Å². The molecule has 0 amide bonds. The summed E-state index contributed by atoms with van der Waals surface area (Å²) in [4.78, 5) is 12.9. The van der Waals surface area contributed by atoms with Gasteiger partial charge in [0.25, 0.3) is 0 Å². The number of aromatic nitrogens is 3. The van der Waals surface area contributed by atoms with Crippen molar-refractivity contribution in [2.45, 2.75) is 12.7 Å². The fourth-order valence-corrected chi connectivity index (χ4v) is 2.34. The second-order valence-electron chi connectivity index (χ2n) is 6.24. The van der Waals surface area contributed by atoms with Gasteiger partial charge in [-0.05, 0) is 29.8 Å². The van der Waals surface area contributed by atoms with Crippen LogP contribution in [0, 0.1) is 5.82 Å². The molecule has 0 saturated heterocycles. The quantitative estimate of drug-likeness (QED) is 0.607. The van der Waals surface area contributed by atoms with Gasteiger partial charge in [-0.2, -0.15) is 18.2 Å². The molecule has 0 aliphatic rings. The largest absolute Gasteiger partial charge is 0.453 e. The van der Waals surface area contributed by atoms with E-state index in [-0.39, 0.29) is 24.1 Å². The zero-order valence-corrected chi connectivity index (χ0v) is 15.5. The maximum Gasteiger partial charge on any atom is 0.433 e. The molecule has 3 rings (SSSR count). The van der Waals surface area contributed by atoms with Crippen LogP contribution in [0.3, 0.4) is 0 Å². The number of pyridine rings is 1. The Morgan fingerprint density at radius 3 is 2.52 bits per heavy atom. The SMILES string of the molecule is CN(C)c1cc(C(F)(F)F)nc(NCc2ccc(Oc3cccnc3)c(F)c2)n1. The van der Waals surface area contributed by atoms with Crippen LogP contribution in [0.5, 0.6) is 11.5 Å². The van der Waals surface area contributed by atoms with Crippen molar-refractivity contribution in [1.82, 2.24) is 15.0 Å². The lowest BCUT2D eigenvalue weighted by Gasteiger charge is -2.16. The van der Waals surface area contributed by atoms with E-state index in [2.05, 4.69) is 20.3 Å². The maximum absolute atomic E-state index is 14.3. The van der Waals surface area contributed by atoms with Crippen LogP contribution in [0.1, 0.15) is 11.3 Å². The molecule has 152 valence electrons. The minimum absolute atomic E-state index is 0.00645. The number of ether oxygens (including phenoxy) is 1. The molecule has 2 heterocycles. The first-order valence-electron chi connectivity index (χ1n) is 8.46. The predicted molar refractivity (Wildman–Crippen MR) is 99.4 cm³/mol. The molecule has 0 aliphatic heterocycles. The minimum atomic E-state index is -4.61. The van der Waals surface area contributed by atoms with Gasteiger partial charge in [-0.3, -0.25) is 4.98 Å². The topological polar surface area (TPSA) is 63.2 Å². The summed E-state index contributed by atoms with van der Waals surface area (Å²) in [5, 5.41) is 2.70. The van der Waals surface area contributed by atoms with Crippen LogP contribution in [-0.4, -0.2) is 29.0 Å². The van der Waals surface area contributed by atoms with Gasteiger partial charge in [-0.1, -0.05) is 6.07 Å². The summed E-state index contributed by atoms with van der Waals surface area (Å²) >= 11 is 0. The van der Waals surface area contributed by atoms with Crippen LogP contribution >= 0.6 is 0 Å². The Labute approximate surface area is 164 Å². The number of anilines is 2. The second-order valence-corrected chi connectivity index (χ2v) is 6.24. The number of nitrogens with zero attached hydrogens (tertiary/aromatic N) is 4. The summed E-state index contributed by atoms with van der Waals surface area (Å²) in [7, 11) is 3.14. The fourth-order valence-electron chi connectivity index (χ4n) is 2.34. The van der Waals surface area contributed by atoms with Crippen LogP contribution < -0.4 is 15.0 Å². The van der Waals surface area contributed by atoms with Crippen LogP contribution in [0.4, 0.5) is 29.3 Å². The van der Waals surface area contributed by atoms with Gasteiger partial charge in [0.15, 0.2) is 17.3 Å². The zero-order valence-electron chi connectivity index (χ0n) is 15.5. The van der Waals surface area contributed by atoms with E-state index >= 15 is 0 Å². The van der Waals surface area contributed by atoms with Crippen molar-refractivity contribution < 1.29 is 22.3 Å². The number of alkyl halides is 3. The molecule has 3 aromatic rings. The molecule has 1 N–H and O–H groups in total. The average Bonchev–Trinajstić information content (AvgIpc) is 2.68. The van der Waals surface area contributed by atoms with Gasteiger partial charge in [0.2, 0.25) is 5.95 Å². The van der Waals surface area contributed by atoms with Crippen molar-refractivity contribution in [3.63, 3.8) is 0 Å². The van der Waals surface area contributed by atoms with E-state index < -0.39 is 17.7 Å². The lowest BCUT2D eigenvalue weighted by atomic mass is 10.2. The van der Waals surface area contributed by atoms with Crippen molar-refractivity contribution in [3.05, 3.63) is 65.9 Å². The number of benzene rings is 1. The number of rotatable bonds is 6. The highest BCUT2D eigenvalue weighted by Gasteiger charge is 2.34. The summed E-state index contributed by atoms with van der Waals surface area (Å²) in [6, 6.07) is 8.38. The molecular weight excluding hydrogens is 390 g/mol. The Morgan fingerprint density at radius 2 is 1.90 bits per heavy atom. The molecule has 0 radical (unpaired) electrons. The smallest absolute Gasteiger partial charge is 0.433 e. The van der Waals surface area contributed by atoms with Gasteiger partial charge >= 0.3 is 6.18 Å². The van der Waals surface area contributed by atoms with Crippen LogP contribution in [0.25, 0.3) is 0 Å². The first-order valence-corrected chi connectivity index (χ1v) is 8.46.